The number of aryl methyl sites for hydroxylation is 1. The number of nitrogens with zero attached hydrogens (tertiary/aromatic N) is 2. The molecule has 2 aromatic carbocycles. The van der Waals surface area contributed by atoms with Gasteiger partial charge in [0, 0.05) is 36.6 Å². The van der Waals surface area contributed by atoms with E-state index in [0.29, 0.717) is 56.5 Å². The standard InChI is InChI=1S/C30H34N2O7/c1-4-37-28-17-24(10-11-27(28)38-20-29(34)31-12-14-36-15-13-31)30(35)39-19-26(33)25-16-21(2)32(22(25)3)18-23-8-6-5-7-9-23/h5-11,16-17H,4,12-15,18-20H2,1-3H3. The van der Waals surface area contributed by atoms with Crippen molar-refractivity contribution in [2.45, 2.75) is 27.3 Å². The van der Waals surface area contributed by atoms with Crippen molar-refractivity contribution in [3.8, 4) is 11.5 Å². The summed E-state index contributed by atoms with van der Waals surface area (Å²) in [4.78, 5) is 39.8. The number of amides is 1. The molecule has 1 amide bonds. The van der Waals surface area contributed by atoms with E-state index in [1.807, 2.05) is 50.2 Å². The number of hydrogen-bond donors (Lipinski definition) is 0. The van der Waals surface area contributed by atoms with Crippen LogP contribution in [-0.4, -0.2) is 73.3 Å². The molecule has 4 rings (SSSR count). The van der Waals surface area contributed by atoms with Gasteiger partial charge in [-0.15, -0.1) is 0 Å². The number of benzene rings is 2. The van der Waals surface area contributed by atoms with Gasteiger partial charge in [0.15, 0.2) is 24.7 Å². The molecule has 9 heteroatoms. The van der Waals surface area contributed by atoms with Crippen LogP contribution in [0.1, 0.15) is 44.6 Å². The molecule has 2 heterocycles. The summed E-state index contributed by atoms with van der Waals surface area (Å²) in [5, 5.41) is 0. The average Bonchev–Trinajstić information content (AvgIpc) is 3.24. The number of Topliss-reactive ketones (excluding diaryl/α,β-unsaturated/α-hetero) is 1. The normalized spacial score (nSPS) is 13.2. The van der Waals surface area contributed by atoms with E-state index in [4.69, 9.17) is 18.9 Å². The van der Waals surface area contributed by atoms with Crippen molar-refractivity contribution < 1.29 is 33.3 Å². The van der Waals surface area contributed by atoms with Crippen LogP contribution in [-0.2, 0) is 20.8 Å². The molecule has 0 aliphatic carbocycles. The van der Waals surface area contributed by atoms with Gasteiger partial charge in [-0.25, -0.2) is 4.79 Å². The Morgan fingerprint density at radius 2 is 1.64 bits per heavy atom. The lowest BCUT2D eigenvalue weighted by atomic mass is 10.1. The van der Waals surface area contributed by atoms with Crippen LogP contribution < -0.4 is 9.47 Å². The lowest BCUT2D eigenvalue weighted by Crippen LogP contribution is -2.43. The first-order chi connectivity index (χ1) is 18.9. The van der Waals surface area contributed by atoms with Gasteiger partial charge in [0.1, 0.15) is 0 Å². The first-order valence-corrected chi connectivity index (χ1v) is 13.0. The number of ketones is 1. The molecular formula is C30H34N2O7. The number of carbonyl (C=O) groups is 3. The number of morpholine rings is 1. The van der Waals surface area contributed by atoms with E-state index in [0.717, 1.165) is 17.0 Å². The Balaban J connectivity index is 1.37. The number of ether oxygens (including phenoxy) is 4. The van der Waals surface area contributed by atoms with E-state index in [-0.39, 0.29) is 30.5 Å². The maximum absolute atomic E-state index is 12.9. The summed E-state index contributed by atoms with van der Waals surface area (Å²) >= 11 is 0. The predicted molar refractivity (Wildman–Crippen MR) is 145 cm³/mol. The first-order valence-electron chi connectivity index (χ1n) is 13.0. The molecule has 1 fully saturated rings. The van der Waals surface area contributed by atoms with Gasteiger partial charge in [0.2, 0.25) is 5.78 Å². The Labute approximate surface area is 228 Å². The van der Waals surface area contributed by atoms with Gasteiger partial charge in [-0.2, -0.15) is 0 Å². The van der Waals surface area contributed by atoms with E-state index < -0.39 is 5.97 Å². The van der Waals surface area contributed by atoms with Crippen LogP contribution in [0.3, 0.4) is 0 Å². The summed E-state index contributed by atoms with van der Waals surface area (Å²) in [7, 11) is 0. The van der Waals surface area contributed by atoms with Gasteiger partial charge in [0.05, 0.1) is 25.4 Å². The Morgan fingerprint density at radius 1 is 0.897 bits per heavy atom. The Kier molecular flexibility index (Phi) is 9.38. The quantitative estimate of drug-likeness (QED) is 0.273. The second kappa shape index (κ2) is 13.1. The van der Waals surface area contributed by atoms with Gasteiger partial charge in [0.25, 0.3) is 5.91 Å². The molecule has 0 atom stereocenters. The Hall–Kier alpha value is -4.11. The van der Waals surface area contributed by atoms with Crippen LogP contribution in [0.2, 0.25) is 0 Å². The molecule has 1 aliphatic heterocycles. The van der Waals surface area contributed by atoms with Crippen molar-refractivity contribution in [2.24, 2.45) is 0 Å². The molecule has 0 saturated carbocycles. The lowest BCUT2D eigenvalue weighted by Gasteiger charge is -2.26. The molecule has 0 N–H and O–H groups in total. The molecule has 0 bridgehead atoms. The topological polar surface area (TPSA) is 96.3 Å². The highest BCUT2D eigenvalue weighted by Crippen LogP contribution is 2.29. The third-order valence-corrected chi connectivity index (χ3v) is 6.59. The van der Waals surface area contributed by atoms with Gasteiger partial charge in [-0.05, 0) is 50.6 Å². The Morgan fingerprint density at radius 3 is 2.36 bits per heavy atom. The second-order valence-corrected chi connectivity index (χ2v) is 9.23. The van der Waals surface area contributed by atoms with E-state index in [1.165, 1.54) is 12.1 Å². The number of carbonyl (C=O) groups excluding carboxylic acids is 3. The van der Waals surface area contributed by atoms with Crippen molar-refractivity contribution in [2.75, 3.05) is 46.1 Å². The first kappa shape index (κ1) is 27.9. The fourth-order valence-electron chi connectivity index (χ4n) is 4.45. The minimum atomic E-state index is -0.654. The van der Waals surface area contributed by atoms with Crippen molar-refractivity contribution >= 4 is 17.7 Å². The molecule has 1 aromatic heterocycles. The highest BCUT2D eigenvalue weighted by molar-refractivity contribution is 6.00. The molecule has 3 aromatic rings. The maximum atomic E-state index is 12.9. The van der Waals surface area contributed by atoms with Crippen molar-refractivity contribution in [3.05, 3.63) is 82.7 Å². The Bertz CT molecular complexity index is 1310. The van der Waals surface area contributed by atoms with Crippen LogP contribution >= 0.6 is 0 Å². The summed E-state index contributed by atoms with van der Waals surface area (Å²) < 4.78 is 24.0. The zero-order chi connectivity index (χ0) is 27.8. The molecule has 0 unspecified atom stereocenters. The number of hydrogen-bond acceptors (Lipinski definition) is 7. The summed E-state index contributed by atoms with van der Waals surface area (Å²) in [6.45, 7) is 8.17. The van der Waals surface area contributed by atoms with E-state index in [2.05, 4.69) is 4.57 Å². The third kappa shape index (κ3) is 7.06. The monoisotopic (exact) mass is 534 g/mol. The number of rotatable bonds is 11. The lowest BCUT2D eigenvalue weighted by molar-refractivity contribution is -0.137. The van der Waals surface area contributed by atoms with Crippen LogP contribution in [0.25, 0.3) is 0 Å². The molecule has 39 heavy (non-hydrogen) atoms. The minimum absolute atomic E-state index is 0.147. The SMILES string of the molecule is CCOc1cc(C(=O)OCC(=O)c2cc(C)n(Cc3ccccc3)c2C)ccc1OCC(=O)N1CCOCC1. The fourth-order valence-corrected chi connectivity index (χ4v) is 4.45. The fraction of sp³-hybridized carbons (Fsp3) is 0.367. The summed E-state index contributed by atoms with van der Waals surface area (Å²) in [6, 6.07) is 16.4. The van der Waals surface area contributed by atoms with Crippen LogP contribution in [0.15, 0.2) is 54.6 Å². The van der Waals surface area contributed by atoms with Crippen LogP contribution in [0.4, 0.5) is 0 Å². The molecule has 1 aliphatic rings. The van der Waals surface area contributed by atoms with Crippen LogP contribution in [0.5, 0.6) is 11.5 Å². The van der Waals surface area contributed by atoms with E-state index in [1.54, 1.807) is 17.9 Å². The highest BCUT2D eigenvalue weighted by Gasteiger charge is 2.21. The summed E-state index contributed by atoms with van der Waals surface area (Å²) in [5.41, 5.74) is 3.65. The average molecular weight is 535 g/mol. The zero-order valence-electron chi connectivity index (χ0n) is 22.6. The third-order valence-electron chi connectivity index (χ3n) is 6.59. The van der Waals surface area contributed by atoms with Gasteiger partial charge in [-0.3, -0.25) is 9.59 Å². The predicted octanol–water partition coefficient (Wildman–Crippen LogP) is 3.83. The number of aromatic nitrogens is 1. The number of esters is 1. The molecule has 0 spiro atoms. The van der Waals surface area contributed by atoms with E-state index >= 15 is 0 Å². The molecular weight excluding hydrogens is 500 g/mol. The van der Waals surface area contributed by atoms with Crippen molar-refractivity contribution in [3.63, 3.8) is 0 Å². The molecule has 0 radical (unpaired) electrons. The zero-order valence-corrected chi connectivity index (χ0v) is 22.6. The molecule has 1 saturated heterocycles. The maximum Gasteiger partial charge on any atom is 0.338 e. The van der Waals surface area contributed by atoms with Crippen molar-refractivity contribution in [1.29, 1.82) is 0 Å². The smallest absolute Gasteiger partial charge is 0.338 e. The summed E-state index contributed by atoms with van der Waals surface area (Å²) in [5.74, 6) is -0.416. The molecule has 206 valence electrons. The van der Waals surface area contributed by atoms with E-state index in [9.17, 15) is 14.4 Å². The largest absolute Gasteiger partial charge is 0.490 e. The summed E-state index contributed by atoms with van der Waals surface area (Å²) in [6.07, 6.45) is 0. The second-order valence-electron chi connectivity index (χ2n) is 9.23. The van der Waals surface area contributed by atoms with Crippen LogP contribution in [0, 0.1) is 13.8 Å². The highest BCUT2D eigenvalue weighted by atomic mass is 16.5. The molecule has 9 nitrogen and oxygen atoms in total. The minimum Gasteiger partial charge on any atom is -0.490 e. The van der Waals surface area contributed by atoms with Crippen molar-refractivity contribution in [1.82, 2.24) is 9.47 Å². The van der Waals surface area contributed by atoms with Gasteiger partial charge < -0.3 is 28.4 Å². The van der Waals surface area contributed by atoms with Gasteiger partial charge >= 0.3 is 5.97 Å². The van der Waals surface area contributed by atoms with Gasteiger partial charge in [-0.1, -0.05) is 30.3 Å².